The number of cyclic esters (lactones) is 1. The first kappa shape index (κ1) is 21.4. The van der Waals surface area contributed by atoms with E-state index in [4.69, 9.17) is 10.5 Å². The van der Waals surface area contributed by atoms with E-state index in [-0.39, 0.29) is 24.1 Å². The maximum Gasteiger partial charge on any atom is 0.415 e. The van der Waals surface area contributed by atoms with E-state index >= 15 is 0 Å². The highest BCUT2D eigenvalue weighted by molar-refractivity contribution is 5.89. The normalized spacial score (nSPS) is 16.7. The summed E-state index contributed by atoms with van der Waals surface area (Å²) in [6.07, 6.45) is 1.28. The number of rotatable bonds is 7. The van der Waals surface area contributed by atoms with E-state index in [2.05, 4.69) is 34.4 Å². The molecule has 4 rings (SSSR count). The van der Waals surface area contributed by atoms with Gasteiger partial charge in [0.15, 0.2) is 0 Å². The lowest BCUT2D eigenvalue weighted by Gasteiger charge is -2.23. The lowest BCUT2D eigenvalue weighted by Crippen LogP contribution is -2.37. The number of nitrogen functional groups attached to an aromatic ring is 1. The number of anilines is 5. The van der Waals surface area contributed by atoms with Crippen molar-refractivity contribution in [3.05, 3.63) is 66.4 Å². The van der Waals surface area contributed by atoms with Crippen LogP contribution in [0.5, 0.6) is 0 Å². The van der Waals surface area contributed by atoms with Crippen LogP contribution in [0.2, 0.25) is 0 Å². The molecule has 1 aliphatic heterocycles. The summed E-state index contributed by atoms with van der Waals surface area (Å²) in [6.45, 7) is 6.54. The molecule has 1 saturated heterocycles. The fourth-order valence-electron chi connectivity index (χ4n) is 3.61. The first-order chi connectivity index (χ1) is 15.4. The van der Waals surface area contributed by atoms with Crippen LogP contribution in [0.1, 0.15) is 32.4 Å². The van der Waals surface area contributed by atoms with Gasteiger partial charge in [0.05, 0.1) is 12.1 Å². The van der Waals surface area contributed by atoms with Crippen LogP contribution in [0.4, 0.5) is 33.6 Å². The molecule has 3 aromatic rings. The third-order valence-corrected chi connectivity index (χ3v) is 5.52. The zero-order valence-corrected chi connectivity index (χ0v) is 18.4. The fraction of sp³-hybridized carbons (Fsp3) is 0.292. The Morgan fingerprint density at radius 2 is 1.69 bits per heavy atom. The third kappa shape index (κ3) is 4.74. The topological polar surface area (TPSA) is 105 Å². The molecule has 1 unspecified atom stereocenters. The average Bonchev–Trinajstić information content (AvgIpc) is 3.18. The fourth-order valence-corrected chi connectivity index (χ4v) is 3.61. The van der Waals surface area contributed by atoms with E-state index in [9.17, 15) is 4.79 Å². The molecular formula is C24H28N6O2. The van der Waals surface area contributed by atoms with Crippen molar-refractivity contribution in [1.82, 2.24) is 9.97 Å². The molecule has 4 N–H and O–H groups in total. The van der Waals surface area contributed by atoms with Crippen molar-refractivity contribution < 1.29 is 9.53 Å². The van der Waals surface area contributed by atoms with Gasteiger partial charge in [-0.2, -0.15) is 4.98 Å². The van der Waals surface area contributed by atoms with Gasteiger partial charge in [0, 0.05) is 23.3 Å². The van der Waals surface area contributed by atoms with Crippen LogP contribution in [0.15, 0.2) is 60.8 Å². The Balaban J connectivity index is 1.43. The molecule has 1 amide bonds. The summed E-state index contributed by atoms with van der Waals surface area (Å²) < 4.78 is 5.24. The Morgan fingerprint density at radius 3 is 2.34 bits per heavy atom. The summed E-state index contributed by atoms with van der Waals surface area (Å²) in [5.41, 5.74) is 9.52. The molecule has 2 atom stereocenters. The number of nitrogens with one attached hydrogen (secondary N) is 2. The molecule has 0 radical (unpaired) electrons. The summed E-state index contributed by atoms with van der Waals surface area (Å²) >= 11 is 0. The largest absolute Gasteiger partial charge is 0.447 e. The van der Waals surface area contributed by atoms with Crippen molar-refractivity contribution >= 4 is 34.9 Å². The third-order valence-electron chi connectivity index (χ3n) is 5.52. The molecular weight excluding hydrogens is 404 g/mol. The van der Waals surface area contributed by atoms with Gasteiger partial charge in [0.2, 0.25) is 5.95 Å². The van der Waals surface area contributed by atoms with Gasteiger partial charge in [0.1, 0.15) is 12.4 Å². The van der Waals surface area contributed by atoms with E-state index in [0.717, 1.165) is 22.6 Å². The van der Waals surface area contributed by atoms with Gasteiger partial charge in [-0.15, -0.1) is 0 Å². The number of ether oxygens (including phenoxy) is 1. The van der Waals surface area contributed by atoms with Crippen molar-refractivity contribution in [3.8, 4) is 0 Å². The number of carbonyl (C=O) groups is 1. The van der Waals surface area contributed by atoms with Crippen LogP contribution in [-0.4, -0.2) is 28.7 Å². The summed E-state index contributed by atoms with van der Waals surface area (Å²) in [4.78, 5) is 22.7. The molecule has 8 heteroatoms. The number of aromatic nitrogens is 2. The highest BCUT2D eigenvalue weighted by atomic mass is 16.6. The van der Waals surface area contributed by atoms with Crippen molar-refractivity contribution in [2.75, 3.05) is 27.9 Å². The summed E-state index contributed by atoms with van der Waals surface area (Å²) in [5.74, 6) is 1.26. The molecule has 0 saturated carbocycles. The van der Waals surface area contributed by atoms with Crippen molar-refractivity contribution in [1.29, 1.82) is 0 Å². The smallest absolute Gasteiger partial charge is 0.415 e. The summed E-state index contributed by atoms with van der Waals surface area (Å²) in [7, 11) is 0. The van der Waals surface area contributed by atoms with Crippen LogP contribution in [-0.2, 0) is 4.74 Å². The molecule has 1 aliphatic rings. The number of hydrogen-bond acceptors (Lipinski definition) is 7. The Kier molecular flexibility index (Phi) is 6.11. The molecule has 166 valence electrons. The number of amides is 1. The second kappa shape index (κ2) is 9.13. The molecule has 0 bridgehead atoms. The lowest BCUT2D eigenvalue weighted by molar-refractivity contribution is 0.177. The lowest BCUT2D eigenvalue weighted by atomic mass is 10.0. The van der Waals surface area contributed by atoms with Gasteiger partial charge in [-0.3, -0.25) is 4.90 Å². The minimum atomic E-state index is -0.370. The first-order valence-corrected chi connectivity index (χ1v) is 10.7. The minimum Gasteiger partial charge on any atom is -0.447 e. The molecule has 1 fully saturated rings. The van der Waals surface area contributed by atoms with Gasteiger partial charge in [0.25, 0.3) is 0 Å². The molecule has 8 nitrogen and oxygen atoms in total. The SMILES string of the molecule is CC(C)C1COC(=O)N1c1ccnc(N[C@@H](C)c2ccc(Nc3ccc(N)cc3)cc2)n1. The predicted molar refractivity (Wildman–Crippen MR) is 127 cm³/mol. The second-order valence-corrected chi connectivity index (χ2v) is 8.23. The molecule has 32 heavy (non-hydrogen) atoms. The molecule has 2 aromatic carbocycles. The van der Waals surface area contributed by atoms with Gasteiger partial charge in [-0.05, 0) is 60.9 Å². The minimum absolute atomic E-state index is 0.0257. The van der Waals surface area contributed by atoms with Crippen LogP contribution < -0.4 is 21.3 Å². The molecule has 1 aromatic heterocycles. The van der Waals surface area contributed by atoms with Gasteiger partial charge >= 0.3 is 6.09 Å². The number of benzene rings is 2. The van der Waals surface area contributed by atoms with Gasteiger partial charge in [-0.1, -0.05) is 26.0 Å². The summed E-state index contributed by atoms with van der Waals surface area (Å²) in [6, 6.07) is 17.4. The van der Waals surface area contributed by atoms with Crippen LogP contribution in [0, 0.1) is 5.92 Å². The Morgan fingerprint density at radius 1 is 1.03 bits per heavy atom. The van der Waals surface area contributed by atoms with E-state index in [0.29, 0.717) is 18.4 Å². The average molecular weight is 433 g/mol. The molecule has 2 heterocycles. The summed E-state index contributed by atoms with van der Waals surface area (Å²) in [5, 5.41) is 6.67. The maximum absolute atomic E-state index is 12.2. The number of nitrogens with zero attached hydrogens (tertiary/aromatic N) is 3. The van der Waals surface area contributed by atoms with E-state index in [1.165, 1.54) is 0 Å². The van der Waals surface area contributed by atoms with Gasteiger partial charge < -0.3 is 21.1 Å². The predicted octanol–water partition coefficient (Wildman–Crippen LogP) is 4.96. The van der Waals surface area contributed by atoms with Crippen LogP contribution in [0.3, 0.4) is 0 Å². The standard InChI is InChI=1S/C24H28N6O2/c1-15(2)21-14-32-24(31)30(21)22-12-13-26-23(29-22)27-16(3)17-4-8-19(9-5-17)28-20-10-6-18(25)7-11-20/h4-13,15-16,21,28H,14,25H2,1-3H3,(H,26,27,29)/t16-,21?/m0/s1. The molecule has 0 aliphatic carbocycles. The van der Waals surface area contributed by atoms with Crippen LogP contribution >= 0.6 is 0 Å². The quantitative estimate of drug-likeness (QED) is 0.453. The van der Waals surface area contributed by atoms with E-state index < -0.39 is 0 Å². The number of nitrogens with two attached hydrogens (primary N) is 1. The Hall–Kier alpha value is -3.81. The highest BCUT2D eigenvalue weighted by Gasteiger charge is 2.37. The number of carbonyl (C=O) groups excluding carboxylic acids is 1. The second-order valence-electron chi connectivity index (χ2n) is 8.23. The van der Waals surface area contributed by atoms with Crippen LogP contribution in [0.25, 0.3) is 0 Å². The molecule has 0 spiro atoms. The van der Waals surface area contributed by atoms with E-state index in [1.54, 1.807) is 17.2 Å². The zero-order chi connectivity index (χ0) is 22.7. The van der Waals surface area contributed by atoms with Gasteiger partial charge in [-0.25, -0.2) is 9.78 Å². The first-order valence-electron chi connectivity index (χ1n) is 10.7. The Bertz CT molecular complexity index is 1070. The zero-order valence-electron chi connectivity index (χ0n) is 18.4. The van der Waals surface area contributed by atoms with Crippen molar-refractivity contribution in [2.24, 2.45) is 5.92 Å². The highest BCUT2D eigenvalue weighted by Crippen LogP contribution is 2.27. The monoisotopic (exact) mass is 432 g/mol. The Labute approximate surface area is 187 Å². The maximum atomic E-state index is 12.2. The van der Waals surface area contributed by atoms with Crippen molar-refractivity contribution in [2.45, 2.75) is 32.9 Å². The van der Waals surface area contributed by atoms with Crippen molar-refractivity contribution in [3.63, 3.8) is 0 Å². The number of hydrogen-bond donors (Lipinski definition) is 3. The van der Waals surface area contributed by atoms with E-state index in [1.807, 2.05) is 55.5 Å².